The molecule has 0 unspecified atom stereocenters. The van der Waals surface area contributed by atoms with Crippen LogP contribution in [-0.2, 0) is 25.5 Å². The molecule has 5 aliphatic rings. The fraction of sp³-hybridized carbons (Fsp3) is 0.688. The van der Waals surface area contributed by atoms with Crippen LogP contribution in [0.4, 0.5) is 0 Å². The first kappa shape index (κ1) is 30.7. The number of esters is 1. The van der Waals surface area contributed by atoms with Crippen LogP contribution in [0.25, 0.3) is 11.0 Å². The normalized spacial score (nSPS) is 34.7. The number of amides is 1. The zero-order valence-electron chi connectivity index (χ0n) is 25.1. The van der Waals surface area contributed by atoms with Gasteiger partial charge in [0.1, 0.15) is 24.4 Å². The second-order valence-corrected chi connectivity index (χ2v) is 13.1. The van der Waals surface area contributed by atoms with Gasteiger partial charge in [0.25, 0.3) is 0 Å². The molecule has 1 saturated carbocycles. The Hall–Kier alpha value is -2.94. The highest BCUT2D eigenvalue weighted by atomic mass is 16.7. The quantitative estimate of drug-likeness (QED) is 0.188. The number of nitrogens with one attached hydrogen (secondary N) is 1. The fourth-order valence-corrected chi connectivity index (χ4v) is 8.19. The summed E-state index contributed by atoms with van der Waals surface area (Å²) >= 11 is 0. The molecule has 13 nitrogen and oxygen atoms in total. The van der Waals surface area contributed by atoms with Gasteiger partial charge in [-0.1, -0.05) is 6.42 Å². The number of fused-ring (bicyclic) bond motifs is 2. The molecular weight excluding hydrogens is 590 g/mol. The number of carbonyl (C=O) groups excluding carboxylic acids is 2. The van der Waals surface area contributed by atoms with Crippen molar-refractivity contribution in [3.8, 4) is 11.5 Å². The third kappa shape index (κ3) is 5.17. The maximum absolute atomic E-state index is 13.3. The van der Waals surface area contributed by atoms with Crippen molar-refractivity contribution in [1.82, 2.24) is 5.32 Å². The number of carbonyl (C=O) groups is 2. The monoisotopic (exact) mass is 631 g/mol. The molecule has 2 aliphatic heterocycles. The lowest BCUT2D eigenvalue weighted by Gasteiger charge is -2.41. The summed E-state index contributed by atoms with van der Waals surface area (Å²) in [6, 6.07) is 0. The predicted octanol–water partition coefficient (Wildman–Crippen LogP) is 1.08. The Balaban J connectivity index is 1.42. The van der Waals surface area contributed by atoms with Crippen LogP contribution in [0.15, 0.2) is 10.7 Å². The van der Waals surface area contributed by atoms with Gasteiger partial charge in [0.15, 0.2) is 17.6 Å². The highest BCUT2D eigenvalue weighted by molar-refractivity contribution is 5.97. The number of benzene rings is 1. The van der Waals surface area contributed by atoms with Gasteiger partial charge in [-0.15, -0.1) is 0 Å². The van der Waals surface area contributed by atoms with Crippen molar-refractivity contribution in [2.45, 2.75) is 113 Å². The van der Waals surface area contributed by atoms with Crippen LogP contribution in [0.2, 0.25) is 0 Å². The van der Waals surface area contributed by atoms with Crippen LogP contribution in [0.1, 0.15) is 80.4 Å². The molecule has 3 aliphatic carbocycles. The van der Waals surface area contributed by atoms with Gasteiger partial charge in [-0.05, 0) is 63.4 Å². The summed E-state index contributed by atoms with van der Waals surface area (Å²) in [4.78, 5) is 26.3. The van der Waals surface area contributed by atoms with Gasteiger partial charge in [-0.3, -0.25) is 9.59 Å². The average Bonchev–Trinajstić information content (AvgIpc) is 3.58. The molecule has 1 aromatic heterocycles. The molecule has 2 aromatic rings. The van der Waals surface area contributed by atoms with Crippen molar-refractivity contribution in [1.29, 1.82) is 0 Å². The van der Waals surface area contributed by atoms with Gasteiger partial charge < -0.3 is 54.2 Å². The molecule has 0 spiro atoms. The SMILES string of the molecule is CCOC(=O)[C@H]1Cc2c(O[C@@H]3O[C@H](C(O)O)[C@@H](O)[C@H](O)[C@H]3O)c(OC3CCCCC3)c3occ4c3c2[C@@H](C1)C[C@H]1C(=O)NC[C@H]41. The zero-order valence-corrected chi connectivity index (χ0v) is 25.1. The lowest BCUT2D eigenvalue weighted by molar-refractivity contribution is -0.310. The molecule has 7 rings (SSSR count). The number of ether oxygens (including phenoxy) is 4. The Morgan fingerprint density at radius 3 is 2.53 bits per heavy atom. The van der Waals surface area contributed by atoms with Crippen molar-refractivity contribution in [3.63, 3.8) is 0 Å². The van der Waals surface area contributed by atoms with Gasteiger partial charge in [0.2, 0.25) is 17.9 Å². The largest absolute Gasteiger partial charge is 0.483 e. The molecule has 45 heavy (non-hydrogen) atoms. The Labute approximate surface area is 259 Å². The van der Waals surface area contributed by atoms with E-state index in [0.29, 0.717) is 30.5 Å². The third-order valence-corrected chi connectivity index (χ3v) is 10.4. The minimum Gasteiger partial charge on any atom is -0.483 e. The van der Waals surface area contributed by atoms with Crippen LogP contribution < -0.4 is 14.8 Å². The molecule has 1 amide bonds. The van der Waals surface area contributed by atoms with E-state index in [1.165, 1.54) is 0 Å². The van der Waals surface area contributed by atoms with E-state index in [-0.39, 0.29) is 60.3 Å². The molecule has 246 valence electrons. The van der Waals surface area contributed by atoms with Gasteiger partial charge in [-0.25, -0.2) is 0 Å². The second kappa shape index (κ2) is 12.0. The number of hydrogen-bond donors (Lipinski definition) is 6. The minimum atomic E-state index is -2.17. The summed E-state index contributed by atoms with van der Waals surface area (Å²) < 4.78 is 30.4. The number of aliphatic hydroxyl groups is 5. The Morgan fingerprint density at radius 1 is 1.02 bits per heavy atom. The van der Waals surface area contributed by atoms with Crippen LogP contribution in [0.5, 0.6) is 11.5 Å². The highest BCUT2D eigenvalue weighted by Crippen LogP contribution is 2.57. The van der Waals surface area contributed by atoms with E-state index in [2.05, 4.69) is 5.32 Å². The molecule has 3 fully saturated rings. The van der Waals surface area contributed by atoms with E-state index in [1.54, 1.807) is 13.2 Å². The number of rotatable bonds is 7. The summed E-state index contributed by atoms with van der Waals surface area (Å²) in [5, 5.41) is 55.5. The first-order valence-electron chi connectivity index (χ1n) is 16.1. The molecule has 0 radical (unpaired) electrons. The Morgan fingerprint density at radius 2 is 1.80 bits per heavy atom. The van der Waals surface area contributed by atoms with Crippen molar-refractivity contribution >= 4 is 22.8 Å². The molecule has 0 bridgehead atoms. The second-order valence-electron chi connectivity index (χ2n) is 13.1. The van der Waals surface area contributed by atoms with Crippen molar-refractivity contribution in [2.75, 3.05) is 13.2 Å². The average molecular weight is 632 g/mol. The molecule has 13 heteroatoms. The van der Waals surface area contributed by atoms with Crippen LogP contribution in [0.3, 0.4) is 0 Å². The molecule has 9 atom stereocenters. The first-order valence-corrected chi connectivity index (χ1v) is 16.1. The molecule has 1 aromatic carbocycles. The van der Waals surface area contributed by atoms with Crippen molar-refractivity contribution in [2.24, 2.45) is 11.8 Å². The maximum atomic E-state index is 13.3. The number of furan rings is 1. The van der Waals surface area contributed by atoms with E-state index in [0.717, 1.165) is 48.6 Å². The summed E-state index contributed by atoms with van der Waals surface area (Å²) in [5.41, 5.74) is 2.82. The number of aliphatic hydroxyl groups excluding tert-OH is 4. The van der Waals surface area contributed by atoms with Gasteiger partial charge >= 0.3 is 5.97 Å². The van der Waals surface area contributed by atoms with E-state index in [9.17, 15) is 35.1 Å². The first-order chi connectivity index (χ1) is 21.7. The summed E-state index contributed by atoms with van der Waals surface area (Å²) in [5.74, 6) is -1.24. The molecule has 3 heterocycles. The van der Waals surface area contributed by atoms with Crippen LogP contribution in [-0.4, -0.2) is 93.7 Å². The zero-order chi connectivity index (χ0) is 31.6. The smallest absolute Gasteiger partial charge is 0.309 e. The number of hydrogen-bond acceptors (Lipinski definition) is 12. The van der Waals surface area contributed by atoms with Gasteiger partial charge in [0, 0.05) is 34.9 Å². The standard InChI is InChI=1S/C32H41NO12/c1-2-41-31(40)14-8-13-9-16-18(11-33-29(16)37)19-12-42-26-21(19)20(13)17(10-14)25(28(26)43-15-6-4-3-5-7-15)44-32-24(36)22(34)23(35)27(45-32)30(38)39/h12-16,18,22-24,27,30,32,34-36,38-39H,2-11H2,1H3,(H,33,37)/t13-,14+,16+,18-,22-,23-,24+,27-,32+/m0/s1. The van der Waals surface area contributed by atoms with Crippen LogP contribution >= 0.6 is 0 Å². The topological polar surface area (TPSA) is 197 Å². The van der Waals surface area contributed by atoms with Gasteiger partial charge in [0.05, 0.1) is 24.9 Å². The Bertz CT molecular complexity index is 1450. The summed E-state index contributed by atoms with van der Waals surface area (Å²) in [6.07, 6.45) is -3.54. The van der Waals surface area contributed by atoms with Gasteiger partial charge in [-0.2, -0.15) is 0 Å². The van der Waals surface area contributed by atoms with E-state index >= 15 is 0 Å². The van der Waals surface area contributed by atoms with E-state index < -0.39 is 42.9 Å². The molecule has 6 N–H and O–H groups in total. The summed E-state index contributed by atoms with van der Waals surface area (Å²) in [7, 11) is 0. The van der Waals surface area contributed by atoms with E-state index in [4.69, 9.17) is 23.4 Å². The van der Waals surface area contributed by atoms with Crippen molar-refractivity contribution < 1.29 is 58.5 Å². The van der Waals surface area contributed by atoms with Crippen LogP contribution in [0, 0.1) is 11.8 Å². The fourth-order valence-electron chi connectivity index (χ4n) is 8.19. The molecule has 2 saturated heterocycles. The van der Waals surface area contributed by atoms with Crippen molar-refractivity contribution in [3.05, 3.63) is 23.0 Å². The minimum absolute atomic E-state index is 0.0445. The lowest BCUT2D eigenvalue weighted by atomic mass is 9.72. The summed E-state index contributed by atoms with van der Waals surface area (Å²) in [6.45, 7) is 2.41. The predicted molar refractivity (Wildman–Crippen MR) is 154 cm³/mol. The molecular formula is C32H41NO12. The highest BCUT2D eigenvalue weighted by Gasteiger charge is 2.50. The lowest BCUT2D eigenvalue weighted by Crippen LogP contribution is -2.62. The Kier molecular flexibility index (Phi) is 8.20. The third-order valence-electron chi connectivity index (χ3n) is 10.4. The maximum Gasteiger partial charge on any atom is 0.309 e. The van der Waals surface area contributed by atoms with E-state index in [1.807, 2.05) is 0 Å².